The fourth-order valence-corrected chi connectivity index (χ4v) is 7.15. The van der Waals surface area contributed by atoms with Crippen molar-refractivity contribution in [2.45, 2.75) is 44.8 Å². The van der Waals surface area contributed by atoms with E-state index in [0.29, 0.717) is 11.6 Å². The number of terminal acetylenes is 1. The van der Waals surface area contributed by atoms with Gasteiger partial charge in [0, 0.05) is 13.6 Å². The smallest absolute Gasteiger partial charge is 0.282 e. The number of para-hydroxylation sites is 1. The van der Waals surface area contributed by atoms with Crippen molar-refractivity contribution in [2.24, 2.45) is 5.92 Å². The molecule has 0 saturated carbocycles. The summed E-state index contributed by atoms with van der Waals surface area (Å²) < 4.78 is 30.1. The third-order valence-electron chi connectivity index (χ3n) is 6.20. The number of rotatable bonds is 6. The van der Waals surface area contributed by atoms with Crippen LogP contribution in [-0.2, 0) is 19.8 Å². The molecule has 4 rings (SSSR count). The molecule has 0 bridgehead atoms. The van der Waals surface area contributed by atoms with Crippen LogP contribution in [-0.4, -0.2) is 71.6 Å². The number of aromatic nitrogens is 1. The van der Waals surface area contributed by atoms with Crippen molar-refractivity contribution in [3.05, 3.63) is 24.3 Å². The summed E-state index contributed by atoms with van der Waals surface area (Å²) in [6.07, 6.45) is 5.90. The number of thiazole rings is 1. The molecule has 3 heterocycles. The van der Waals surface area contributed by atoms with Gasteiger partial charge in [-0.05, 0) is 32.4 Å². The van der Waals surface area contributed by atoms with Gasteiger partial charge in [-0.1, -0.05) is 36.3 Å². The van der Waals surface area contributed by atoms with E-state index in [2.05, 4.69) is 16.2 Å². The molecule has 0 aliphatic carbocycles. The fourth-order valence-electron chi connectivity index (χ4n) is 4.52. The third kappa shape index (κ3) is 4.12. The normalized spacial score (nSPS) is 23.8. The van der Waals surface area contributed by atoms with Crippen LogP contribution in [0.1, 0.15) is 27.2 Å². The molecule has 3 atom stereocenters. The summed E-state index contributed by atoms with van der Waals surface area (Å²) in [6, 6.07) is 6.83. The van der Waals surface area contributed by atoms with Gasteiger partial charge in [0.05, 0.1) is 40.3 Å². The first-order valence-corrected chi connectivity index (χ1v) is 12.9. The largest absolute Gasteiger partial charge is 0.339 e. The van der Waals surface area contributed by atoms with Gasteiger partial charge in [-0.25, -0.2) is 4.98 Å². The summed E-state index contributed by atoms with van der Waals surface area (Å²) in [5.74, 6) is 1.29. The van der Waals surface area contributed by atoms with E-state index in [1.165, 1.54) is 22.7 Å². The molecular weight excluding hydrogens is 462 g/mol. The van der Waals surface area contributed by atoms with Crippen LogP contribution in [0.4, 0.5) is 5.13 Å². The zero-order valence-corrected chi connectivity index (χ0v) is 20.6. The molecule has 33 heavy (non-hydrogen) atoms. The molecule has 2 saturated heterocycles. The molecule has 176 valence electrons. The van der Waals surface area contributed by atoms with Gasteiger partial charge in [-0.15, -0.1) is 6.42 Å². The van der Waals surface area contributed by atoms with Crippen molar-refractivity contribution < 1.29 is 18.0 Å². The lowest BCUT2D eigenvalue weighted by Crippen LogP contribution is -2.52. The molecule has 2 aliphatic rings. The fraction of sp³-hybridized carbons (Fsp3) is 0.500. The molecule has 1 aromatic heterocycles. The summed E-state index contributed by atoms with van der Waals surface area (Å²) in [5, 5.41) is 3.22. The zero-order chi connectivity index (χ0) is 24.1. The molecule has 2 aliphatic heterocycles. The van der Waals surface area contributed by atoms with E-state index < -0.39 is 33.6 Å². The molecule has 1 aromatic carbocycles. The lowest BCUT2D eigenvalue weighted by molar-refractivity contribution is -0.122. The number of nitrogens with zero attached hydrogens (tertiary/aromatic N) is 4. The average Bonchev–Trinajstić information content (AvgIpc) is 3.42. The van der Waals surface area contributed by atoms with Crippen LogP contribution in [0.2, 0.25) is 0 Å². The minimum atomic E-state index is -3.98. The van der Waals surface area contributed by atoms with Crippen LogP contribution in [0, 0.1) is 18.3 Å². The highest BCUT2D eigenvalue weighted by Gasteiger charge is 2.56. The summed E-state index contributed by atoms with van der Waals surface area (Å²) >= 11 is 1.43. The Morgan fingerprint density at radius 3 is 2.76 bits per heavy atom. The van der Waals surface area contributed by atoms with Crippen molar-refractivity contribution in [1.82, 2.24) is 18.9 Å². The van der Waals surface area contributed by atoms with Gasteiger partial charge < -0.3 is 5.32 Å². The summed E-state index contributed by atoms with van der Waals surface area (Å²) in [6.45, 7) is 4.97. The van der Waals surface area contributed by atoms with Crippen LogP contribution >= 0.6 is 11.3 Å². The topological polar surface area (TPSA) is 103 Å². The van der Waals surface area contributed by atoms with E-state index in [4.69, 9.17) is 6.42 Å². The quantitative estimate of drug-likeness (QED) is 0.619. The van der Waals surface area contributed by atoms with Crippen molar-refractivity contribution in [3.8, 4) is 12.3 Å². The average molecular weight is 490 g/mol. The number of carbonyl (C=O) groups is 2. The maximum Gasteiger partial charge on any atom is 0.282 e. The number of amides is 2. The molecular formula is C22H27N5O4S2. The Balaban J connectivity index is 1.55. The number of carbonyl (C=O) groups excluding carboxylic acids is 2. The number of benzene rings is 1. The standard InChI is InChI=1S/C22H27N5O4S2/c1-6-22(3,4)24-18(28)13-25(5)33(30,31)26-12-11-16-19(26)14(2)20(29)27(16)21-23-15-9-7-8-10-17(15)32-21/h1,7-10,14,16,19H,11-13H2,2-5H3,(H,24,28)/t14-,16-,19+/m0/s1. The van der Waals surface area contributed by atoms with Crippen LogP contribution in [0.5, 0.6) is 0 Å². The molecule has 0 spiro atoms. The Bertz CT molecular complexity index is 1220. The molecule has 0 radical (unpaired) electrons. The number of nitrogens with one attached hydrogen (secondary N) is 1. The highest BCUT2D eigenvalue weighted by Crippen LogP contribution is 2.42. The van der Waals surface area contributed by atoms with Crippen molar-refractivity contribution in [1.29, 1.82) is 0 Å². The van der Waals surface area contributed by atoms with Crippen LogP contribution in [0.15, 0.2) is 24.3 Å². The Morgan fingerprint density at radius 1 is 1.39 bits per heavy atom. The second kappa shape index (κ2) is 8.36. The van der Waals surface area contributed by atoms with Crippen molar-refractivity contribution >= 4 is 48.7 Å². The number of anilines is 1. The number of hydrogen-bond acceptors (Lipinski definition) is 6. The zero-order valence-electron chi connectivity index (χ0n) is 19.0. The van der Waals surface area contributed by atoms with E-state index in [1.807, 2.05) is 24.3 Å². The molecule has 0 unspecified atom stereocenters. The van der Waals surface area contributed by atoms with Gasteiger partial charge in [-0.2, -0.15) is 17.0 Å². The van der Waals surface area contributed by atoms with Crippen molar-refractivity contribution in [2.75, 3.05) is 25.0 Å². The summed E-state index contributed by atoms with van der Waals surface area (Å²) in [4.78, 5) is 31.8. The molecule has 2 fully saturated rings. The maximum atomic E-state index is 13.4. The van der Waals surface area contributed by atoms with Gasteiger partial charge in [0.15, 0.2) is 5.13 Å². The monoisotopic (exact) mass is 489 g/mol. The van der Waals surface area contributed by atoms with Gasteiger partial charge in [0.2, 0.25) is 11.8 Å². The van der Waals surface area contributed by atoms with E-state index in [9.17, 15) is 18.0 Å². The molecule has 11 heteroatoms. The van der Waals surface area contributed by atoms with Gasteiger partial charge in [0.25, 0.3) is 10.2 Å². The molecule has 2 amide bonds. The van der Waals surface area contributed by atoms with Gasteiger partial charge >= 0.3 is 0 Å². The van der Waals surface area contributed by atoms with E-state index in [0.717, 1.165) is 14.5 Å². The van der Waals surface area contributed by atoms with Gasteiger partial charge in [-0.3, -0.25) is 14.5 Å². The maximum absolute atomic E-state index is 13.4. The highest BCUT2D eigenvalue weighted by atomic mass is 32.2. The highest BCUT2D eigenvalue weighted by molar-refractivity contribution is 7.86. The number of hydrogen-bond donors (Lipinski definition) is 1. The molecule has 9 nitrogen and oxygen atoms in total. The number of fused-ring (bicyclic) bond motifs is 2. The Morgan fingerprint density at radius 2 is 2.09 bits per heavy atom. The van der Waals surface area contributed by atoms with E-state index in [1.54, 1.807) is 25.7 Å². The number of likely N-dealkylation sites (N-methyl/N-ethyl adjacent to an activating group) is 1. The lowest BCUT2D eigenvalue weighted by atomic mass is 10.0. The predicted octanol–water partition coefficient (Wildman–Crippen LogP) is 1.43. The summed E-state index contributed by atoms with van der Waals surface area (Å²) in [7, 11) is -2.62. The Labute approximate surface area is 197 Å². The first-order valence-electron chi connectivity index (χ1n) is 10.7. The first-order chi connectivity index (χ1) is 15.5. The van der Waals surface area contributed by atoms with Crippen LogP contribution in [0.25, 0.3) is 10.2 Å². The molecule has 1 N–H and O–H groups in total. The predicted molar refractivity (Wildman–Crippen MR) is 128 cm³/mol. The third-order valence-corrected chi connectivity index (χ3v) is 9.17. The lowest BCUT2D eigenvalue weighted by Gasteiger charge is -2.30. The van der Waals surface area contributed by atoms with Gasteiger partial charge in [0.1, 0.15) is 0 Å². The minimum absolute atomic E-state index is 0.139. The second-order valence-corrected chi connectivity index (χ2v) is 12.0. The second-order valence-electron chi connectivity index (χ2n) is 9.00. The minimum Gasteiger partial charge on any atom is -0.339 e. The first kappa shape index (κ1) is 23.6. The van der Waals surface area contributed by atoms with Crippen molar-refractivity contribution in [3.63, 3.8) is 0 Å². The Hall–Kier alpha value is -2.52. The van der Waals surface area contributed by atoms with Crippen LogP contribution < -0.4 is 10.2 Å². The molecule has 2 aromatic rings. The SMILES string of the molecule is C#CC(C)(C)NC(=O)CN(C)S(=O)(=O)N1CC[C@H]2[C@H]1[C@H](C)C(=O)N2c1nc2ccccc2s1. The Kier molecular flexibility index (Phi) is 5.99. The van der Waals surface area contributed by atoms with E-state index in [-0.39, 0.29) is 25.0 Å². The van der Waals surface area contributed by atoms with Crippen LogP contribution in [0.3, 0.4) is 0 Å². The summed E-state index contributed by atoms with van der Waals surface area (Å²) in [5.41, 5.74) is -0.0746. The van der Waals surface area contributed by atoms with E-state index >= 15 is 0 Å².